The molecule has 3 nitrogen and oxygen atoms in total. The standard InChI is InChI=1S/C14H26N2O/c1-9-4-5-17-14(9)13(16-15)8-12-7-10-2-3-11(12)6-10/h9-14,16H,2-8,15H2,1H3. The van der Waals surface area contributed by atoms with Gasteiger partial charge in [0.05, 0.1) is 6.10 Å². The van der Waals surface area contributed by atoms with Gasteiger partial charge in [0.15, 0.2) is 0 Å². The Morgan fingerprint density at radius 3 is 2.71 bits per heavy atom. The minimum Gasteiger partial charge on any atom is -0.376 e. The number of hydrazine groups is 1. The monoisotopic (exact) mass is 238 g/mol. The van der Waals surface area contributed by atoms with E-state index < -0.39 is 0 Å². The van der Waals surface area contributed by atoms with Gasteiger partial charge in [-0.25, -0.2) is 0 Å². The molecule has 6 atom stereocenters. The lowest BCUT2D eigenvalue weighted by atomic mass is 9.82. The zero-order valence-electron chi connectivity index (χ0n) is 10.9. The SMILES string of the molecule is CC1CCOC1C(CC1CC2CCC1C2)NN. The van der Waals surface area contributed by atoms with Gasteiger partial charge in [-0.3, -0.25) is 11.3 Å². The van der Waals surface area contributed by atoms with Crippen LogP contribution in [-0.2, 0) is 4.74 Å². The lowest BCUT2D eigenvalue weighted by Gasteiger charge is -2.31. The first-order valence-electron chi connectivity index (χ1n) is 7.35. The van der Waals surface area contributed by atoms with Crippen LogP contribution in [0.1, 0.15) is 45.4 Å². The zero-order valence-corrected chi connectivity index (χ0v) is 10.9. The molecule has 98 valence electrons. The number of ether oxygens (including phenoxy) is 1. The summed E-state index contributed by atoms with van der Waals surface area (Å²) < 4.78 is 5.87. The first kappa shape index (κ1) is 11.9. The molecule has 1 saturated heterocycles. The summed E-state index contributed by atoms with van der Waals surface area (Å²) in [4.78, 5) is 0. The number of fused-ring (bicyclic) bond motifs is 2. The Hall–Kier alpha value is -0.120. The third kappa shape index (κ3) is 2.25. The van der Waals surface area contributed by atoms with Crippen LogP contribution in [0.5, 0.6) is 0 Å². The van der Waals surface area contributed by atoms with Gasteiger partial charge in [-0.15, -0.1) is 0 Å². The van der Waals surface area contributed by atoms with E-state index in [9.17, 15) is 0 Å². The first-order valence-corrected chi connectivity index (χ1v) is 7.35. The Balaban J connectivity index is 1.58. The van der Waals surface area contributed by atoms with Gasteiger partial charge in [-0.05, 0) is 55.8 Å². The van der Waals surface area contributed by atoms with Crippen LogP contribution in [0.2, 0.25) is 0 Å². The van der Waals surface area contributed by atoms with Crippen LogP contribution in [0.25, 0.3) is 0 Å². The van der Waals surface area contributed by atoms with Gasteiger partial charge in [0.2, 0.25) is 0 Å². The van der Waals surface area contributed by atoms with Crippen molar-refractivity contribution in [2.45, 2.75) is 57.6 Å². The lowest BCUT2D eigenvalue weighted by molar-refractivity contribution is 0.0490. The van der Waals surface area contributed by atoms with Crippen LogP contribution >= 0.6 is 0 Å². The molecule has 3 rings (SSSR count). The van der Waals surface area contributed by atoms with Crippen molar-refractivity contribution in [2.24, 2.45) is 29.5 Å². The molecule has 3 fully saturated rings. The molecule has 17 heavy (non-hydrogen) atoms. The van der Waals surface area contributed by atoms with Crippen molar-refractivity contribution in [1.82, 2.24) is 5.43 Å². The Morgan fingerprint density at radius 2 is 2.18 bits per heavy atom. The average Bonchev–Trinajstić information content (AvgIpc) is 3.02. The van der Waals surface area contributed by atoms with Crippen molar-refractivity contribution >= 4 is 0 Å². The molecule has 1 aliphatic heterocycles. The molecule has 3 heteroatoms. The fraction of sp³-hybridized carbons (Fsp3) is 1.00. The van der Waals surface area contributed by atoms with E-state index in [0.29, 0.717) is 18.1 Å². The van der Waals surface area contributed by atoms with Crippen molar-refractivity contribution in [3.63, 3.8) is 0 Å². The van der Waals surface area contributed by atoms with E-state index in [1.54, 1.807) is 0 Å². The Kier molecular flexibility index (Phi) is 3.42. The van der Waals surface area contributed by atoms with E-state index >= 15 is 0 Å². The molecule has 0 aromatic carbocycles. The number of nitrogens with one attached hydrogen (secondary N) is 1. The molecule has 0 spiro atoms. The number of hydrogen-bond acceptors (Lipinski definition) is 3. The summed E-state index contributed by atoms with van der Waals surface area (Å²) in [5.41, 5.74) is 3.04. The molecule has 2 bridgehead atoms. The molecular formula is C14H26N2O. The number of nitrogens with two attached hydrogens (primary N) is 1. The molecule has 0 radical (unpaired) electrons. The van der Waals surface area contributed by atoms with E-state index in [4.69, 9.17) is 10.6 Å². The zero-order chi connectivity index (χ0) is 11.8. The summed E-state index contributed by atoms with van der Waals surface area (Å²) in [6, 6.07) is 0.372. The fourth-order valence-electron chi connectivity index (χ4n) is 4.52. The molecule has 2 aliphatic carbocycles. The van der Waals surface area contributed by atoms with Crippen LogP contribution in [0, 0.1) is 23.7 Å². The van der Waals surface area contributed by atoms with Crippen molar-refractivity contribution in [3.8, 4) is 0 Å². The van der Waals surface area contributed by atoms with Gasteiger partial charge in [0.25, 0.3) is 0 Å². The second-order valence-electron chi connectivity index (χ2n) is 6.55. The highest BCUT2D eigenvalue weighted by molar-refractivity contribution is 4.94. The van der Waals surface area contributed by atoms with E-state index in [1.165, 1.54) is 38.5 Å². The van der Waals surface area contributed by atoms with Crippen LogP contribution in [-0.4, -0.2) is 18.8 Å². The summed E-state index contributed by atoms with van der Waals surface area (Å²) >= 11 is 0. The normalized spacial score (nSPS) is 46.6. The Morgan fingerprint density at radius 1 is 1.29 bits per heavy atom. The summed E-state index contributed by atoms with van der Waals surface area (Å²) in [6.07, 6.45) is 8.66. The van der Waals surface area contributed by atoms with Crippen molar-refractivity contribution < 1.29 is 4.74 Å². The van der Waals surface area contributed by atoms with E-state index in [-0.39, 0.29) is 0 Å². The third-order valence-electron chi connectivity index (χ3n) is 5.50. The van der Waals surface area contributed by atoms with Gasteiger partial charge in [-0.2, -0.15) is 0 Å². The van der Waals surface area contributed by atoms with Crippen molar-refractivity contribution in [2.75, 3.05) is 6.61 Å². The van der Waals surface area contributed by atoms with Crippen LogP contribution in [0.3, 0.4) is 0 Å². The van der Waals surface area contributed by atoms with Crippen LogP contribution < -0.4 is 11.3 Å². The molecule has 0 aromatic heterocycles. The van der Waals surface area contributed by atoms with Gasteiger partial charge in [0.1, 0.15) is 0 Å². The summed E-state index contributed by atoms with van der Waals surface area (Å²) in [5, 5.41) is 0. The van der Waals surface area contributed by atoms with Gasteiger partial charge in [0, 0.05) is 12.6 Å². The Labute approximate surface area is 104 Å². The highest BCUT2D eigenvalue weighted by atomic mass is 16.5. The second kappa shape index (κ2) is 4.87. The second-order valence-corrected chi connectivity index (χ2v) is 6.55. The topological polar surface area (TPSA) is 47.3 Å². The summed E-state index contributed by atoms with van der Waals surface area (Å²) in [5.74, 6) is 9.36. The largest absolute Gasteiger partial charge is 0.376 e. The predicted molar refractivity (Wildman–Crippen MR) is 68.2 cm³/mol. The average molecular weight is 238 g/mol. The molecule has 6 unspecified atom stereocenters. The summed E-state index contributed by atoms with van der Waals surface area (Å²) in [7, 11) is 0. The highest BCUT2D eigenvalue weighted by Gasteiger charge is 2.42. The smallest absolute Gasteiger partial charge is 0.0767 e. The minimum atomic E-state index is 0.346. The van der Waals surface area contributed by atoms with Crippen molar-refractivity contribution in [1.29, 1.82) is 0 Å². The molecule has 0 aromatic rings. The van der Waals surface area contributed by atoms with Gasteiger partial charge >= 0.3 is 0 Å². The van der Waals surface area contributed by atoms with Gasteiger partial charge in [-0.1, -0.05) is 13.3 Å². The minimum absolute atomic E-state index is 0.346. The van der Waals surface area contributed by atoms with Gasteiger partial charge < -0.3 is 4.74 Å². The molecule has 2 saturated carbocycles. The highest BCUT2D eigenvalue weighted by Crippen LogP contribution is 2.50. The van der Waals surface area contributed by atoms with E-state index in [0.717, 1.165) is 24.4 Å². The third-order valence-corrected chi connectivity index (χ3v) is 5.50. The maximum absolute atomic E-state index is 5.87. The molecule has 3 aliphatic rings. The lowest BCUT2D eigenvalue weighted by Crippen LogP contribution is -2.47. The molecule has 0 amide bonds. The quantitative estimate of drug-likeness (QED) is 0.582. The fourth-order valence-corrected chi connectivity index (χ4v) is 4.52. The van der Waals surface area contributed by atoms with E-state index in [1.807, 2.05) is 0 Å². The Bertz CT molecular complexity index is 271. The number of hydrogen-bond donors (Lipinski definition) is 2. The number of rotatable bonds is 4. The van der Waals surface area contributed by atoms with Crippen molar-refractivity contribution in [3.05, 3.63) is 0 Å². The van der Waals surface area contributed by atoms with Crippen LogP contribution in [0.15, 0.2) is 0 Å². The van der Waals surface area contributed by atoms with Crippen LogP contribution in [0.4, 0.5) is 0 Å². The molecule has 1 heterocycles. The maximum Gasteiger partial charge on any atom is 0.0767 e. The predicted octanol–water partition coefficient (Wildman–Crippen LogP) is 2.07. The molecule has 3 N–H and O–H groups in total. The first-order chi connectivity index (χ1) is 8.28. The summed E-state index contributed by atoms with van der Waals surface area (Å²) in [6.45, 7) is 3.21. The molecular weight excluding hydrogens is 212 g/mol. The maximum atomic E-state index is 5.87. The van der Waals surface area contributed by atoms with E-state index in [2.05, 4.69) is 12.3 Å².